The van der Waals surface area contributed by atoms with Gasteiger partial charge in [-0.1, -0.05) is 0 Å². The third-order valence-corrected chi connectivity index (χ3v) is 4.20. The summed E-state index contributed by atoms with van der Waals surface area (Å²) in [5.74, 6) is 0.749. The molecule has 0 fully saturated rings. The van der Waals surface area contributed by atoms with Crippen molar-refractivity contribution in [2.24, 2.45) is 0 Å². The van der Waals surface area contributed by atoms with Crippen LogP contribution in [-0.2, 0) is 0 Å². The van der Waals surface area contributed by atoms with Gasteiger partial charge >= 0.3 is 5.97 Å². The molecule has 3 aromatic rings. The maximum atomic E-state index is 12.5. The second kappa shape index (κ2) is 7.08. The van der Waals surface area contributed by atoms with E-state index in [2.05, 4.69) is 0 Å². The molecule has 2 aromatic carbocycles. The van der Waals surface area contributed by atoms with Crippen molar-refractivity contribution in [2.45, 2.75) is 6.92 Å². The number of esters is 1. The van der Waals surface area contributed by atoms with Gasteiger partial charge in [0.2, 0.25) is 5.78 Å². The molecule has 144 valence electrons. The number of furan rings is 1. The second-order valence-electron chi connectivity index (χ2n) is 6.24. The Hall–Kier alpha value is -4.20. The largest absolute Gasteiger partial charge is 0.462 e. The van der Waals surface area contributed by atoms with Crippen LogP contribution in [0.15, 0.2) is 64.8 Å². The van der Waals surface area contributed by atoms with Crippen LogP contribution >= 0.6 is 0 Å². The quantitative estimate of drug-likeness (QED) is 0.214. The van der Waals surface area contributed by atoms with Crippen LogP contribution < -0.4 is 9.47 Å². The van der Waals surface area contributed by atoms with Crippen molar-refractivity contribution in [3.63, 3.8) is 0 Å². The number of carbonyl (C=O) groups excluding carboxylic acids is 2. The number of Topliss-reactive ketones (excluding diaryl/α,β-unsaturated/α-hetero) is 1. The molecule has 0 spiro atoms. The first-order valence-corrected chi connectivity index (χ1v) is 8.52. The van der Waals surface area contributed by atoms with Gasteiger partial charge in [0, 0.05) is 24.3 Å². The molecule has 0 atom stereocenters. The summed E-state index contributed by atoms with van der Waals surface area (Å²) in [5.41, 5.74) is 0.369. The lowest BCUT2D eigenvalue weighted by Crippen LogP contribution is -2.08. The minimum Gasteiger partial charge on any atom is -0.462 e. The van der Waals surface area contributed by atoms with Crippen LogP contribution in [0.5, 0.6) is 11.5 Å². The monoisotopic (exact) mass is 391 g/mol. The molecule has 0 N–H and O–H groups in total. The minimum absolute atomic E-state index is 0.105. The van der Waals surface area contributed by atoms with Gasteiger partial charge in [-0.05, 0) is 43.3 Å². The smallest absolute Gasteiger partial charge is 0.343 e. The molecule has 8 heteroatoms. The lowest BCUT2D eigenvalue weighted by Gasteiger charge is -2.05. The van der Waals surface area contributed by atoms with Crippen LogP contribution in [0.25, 0.3) is 6.08 Å². The van der Waals surface area contributed by atoms with E-state index in [-0.39, 0.29) is 34.3 Å². The molecule has 29 heavy (non-hydrogen) atoms. The van der Waals surface area contributed by atoms with Crippen LogP contribution in [0.3, 0.4) is 0 Å². The SMILES string of the molecule is Cc1ccc(C=C2Oc3cc(OC(=O)c4ccc([N+](=O)[O-])cc4)ccc3C2=O)o1. The van der Waals surface area contributed by atoms with Gasteiger partial charge in [-0.15, -0.1) is 0 Å². The molecule has 0 unspecified atom stereocenters. The summed E-state index contributed by atoms with van der Waals surface area (Å²) in [7, 11) is 0. The molecule has 0 amide bonds. The first-order chi connectivity index (χ1) is 13.9. The van der Waals surface area contributed by atoms with E-state index in [0.717, 1.165) is 0 Å². The van der Waals surface area contributed by atoms with Gasteiger partial charge in [0.15, 0.2) is 5.76 Å². The molecule has 8 nitrogen and oxygen atoms in total. The predicted molar refractivity (Wildman–Crippen MR) is 101 cm³/mol. The Labute approximate surface area is 164 Å². The molecule has 1 aromatic heterocycles. The third-order valence-electron chi connectivity index (χ3n) is 4.20. The zero-order valence-electron chi connectivity index (χ0n) is 15.1. The third kappa shape index (κ3) is 3.63. The van der Waals surface area contributed by atoms with Gasteiger partial charge in [0.05, 0.1) is 16.1 Å². The first kappa shape index (κ1) is 18.2. The molecule has 0 bridgehead atoms. The topological polar surface area (TPSA) is 109 Å². The molecule has 4 rings (SSSR count). The lowest BCUT2D eigenvalue weighted by atomic mass is 10.1. The van der Waals surface area contributed by atoms with Crippen molar-refractivity contribution in [2.75, 3.05) is 0 Å². The summed E-state index contributed by atoms with van der Waals surface area (Å²) < 4.78 is 16.3. The fourth-order valence-corrected chi connectivity index (χ4v) is 2.78. The molecule has 1 aliphatic rings. The maximum absolute atomic E-state index is 12.5. The zero-order chi connectivity index (χ0) is 20.5. The second-order valence-corrected chi connectivity index (χ2v) is 6.24. The number of ketones is 1. The number of aryl methyl sites for hydroxylation is 1. The van der Waals surface area contributed by atoms with E-state index in [1.807, 2.05) is 0 Å². The Morgan fingerprint density at radius 3 is 2.52 bits per heavy atom. The highest BCUT2D eigenvalue weighted by molar-refractivity contribution is 6.14. The molecule has 0 aliphatic carbocycles. The van der Waals surface area contributed by atoms with E-state index in [4.69, 9.17) is 13.9 Å². The standard InChI is InChI=1S/C21H13NO7/c1-12-2-7-15(27-12)11-19-20(23)17-9-8-16(10-18(17)29-19)28-21(24)13-3-5-14(6-4-13)22(25)26/h2-11H,1H3. The Morgan fingerprint density at radius 2 is 1.86 bits per heavy atom. The lowest BCUT2D eigenvalue weighted by molar-refractivity contribution is -0.384. The van der Waals surface area contributed by atoms with E-state index in [1.54, 1.807) is 19.1 Å². The number of nitro groups is 1. The van der Waals surface area contributed by atoms with Crippen LogP contribution in [-0.4, -0.2) is 16.7 Å². The number of nitrogens with zero attached hydrogens (tertiary/aromatic N) is 1. The van der Waals surface area contributed by atoms with Crippen molar-refractivity contribution in [1.82, 2.24) is 0 Å². The fourth-order valence-electron chi connectivity index (χ4n) is 2.78. The zero-order valence-corrected chi connectivity index (χ0v) is 15.1. The average molecular weight is 391 g/mol. The highest BCUT2D eigenvalue weighted by Crippen LogP contribution is 2.35. The minimum atomic E-state index is -0.689. The molecule has 2 heterocycles. The Balaban J connectivity index is 1.52. The fraction of sp³-hybridized carbons (Fsp3) is 0.0476. The predicted octanol–water partition coefficient (Wildman–Crippen LogP) is 4.33. The van der Waals surface area contributed by atoms with E-state index in [0.29, 0.717) is 17.1 Å². The van der Waals surface area contributed by atoms with E-state index >= 15 is 0 Å². The molecular weight excluding hydrogens is 378 g/mol. The Bertz CT molecular complexity index is 1170. The molecule has 0 saturated carbocycles. The molecule has 0 radical (unpaired) electrons. The van der Waals surface area contributed by atoms with Crippen molar-refractivity contribution >= 4 is 23.5 Å². The number of ether oxygens (including phenoxy) is 2. The van der Waals surface area contributed by atoms with Gasteiger partial charge in [-0.2, -0.15) is 0 Å². The summed E-state index contributed by atoms with van der Waals surface area (Å²) in [6, 6.07) is 13.0. The summed E-state index contributed by atoms with van der Waals surface area (Å²) in [6.45, 7) is 1.79. The van der Waals surface area contributed by atoms with Gasteiger partial charge in [0.1, 0.15) is 23.0 Å². The van der Waals surface area contributed by atoms with Crippen LogP contribution in [0, 0.1) is 17.0 Å². The summed E-state index contributed by atoms with van der Waals surface area (Å²) >= 11 is 0. The molecular formula is C21H13NO7. The van der Waals surface area contributed by atoms with Gasteiger partial charge in [-0.25, -0.2) is 4.79 Å². The maximum Gasteiger partial charge on any atom is 0.343 e. The average Bonchev–Trinajstić information content (AvgIpc) is 3.25. The van der Waals surface area contributed by atoms with Crippen molar-refractivity contribution in [3.8, 4) is 11.5 Å². The summed E-state index contributed by atoms with van der Waals surface area (Å²) in [6.07, 6.45) is 1.50. The van der Waals surface area contributed by atoms with Crippen LogP contribution in [0.4, 0.5) is 5.69 Å². The van der Waals surface area contributed by atoms with E-state index in [1.165, 1.54) is 48.5 Å². The summed E-state index contributed by atoms with van der Waals surface area (Å²) in [4.78, 5) is 34.8. The normalized spacial score (nSPS) is 13.8. The molecule has 1 aliphatic heterocycles. The van der Waals surface area contributed by atoms with Gasteiger partial charge in [-0.3, -0.25) is 14.9 Å². The number of rotatable bonds is 4. The van der Waals surface area contributed by atoms with E-state index in [9.17, 15) is 19.7 Å². The van der Waals surface area contributed by atoms with Crippen molar-refractivity contribution in [3.05, 3.63) is 93.1 Å². The van der Waals surface area contributed by atoms with Crippen molar-refractivity contribution < 1.29 is 28.4 Å². The van der Waals surface area contributed by atoms with Gasteiger partial charge < -0.3 is 13.9 Å². The number of hydrogen-bond donors (Lipinski definition) is 0. The number of hydrogen-bond acceptors (Lipinski definition) is 7. The van der Waals surface area contributed by atoms with Crippen LogP contribution in [0.2, 0.25) is 0 Å². The van der Waals surface area contributed by atoms with Gasteiger partial charge in [0.25, 0.3) is 5.69 Å². The Morgan fingerprint density at radius 1 is 1.10 bits per heavy atom. The number of benzene rings is 2. The molecule has 0 saturated heterocycles. The van der Waals surface area contributed by atoms with Crippen molar-refractivity contribution in [1.29, 1.82) is 0 Å². The Kier molecular flexibility index (Phi) is 4.44. The summed E-state index contributed by atoms with van der Waals surface area (Å²) in [5, 5.41) is 10.7. The highest BCUT2D eigenvalue weighted by atomic mass is 16.6. The highest BCUT2D eigenvalue weighted by Gasteiger charge is 2.28. The number of carbonyl (C=O) groups is 2. The first-order valence-electron chi connectivity index (χ1n) is 8.52. The van der Waals surface area contributed by atoms with Crippen LogP contribution in [0.1, 0.15) is 32.2 Å². The van der Waals surface area contributed by atoms with E-state index < -0.39 is 10.9 Å². The number of non-ortho nitro benzene ring substituents is 1. The number of nitro benzene ring substituents is 1. The number of fused-ring (bicyclic) bond motifs is 1. The number of allylic oxidation sites excluding steroid dienone is 1.